The Hall–Kier alpha value is -1.62. The summed E-state index contributed by atoms with van der Waals surface area (Å²) in [5.74, 6) is 0.408. The van der Waals surface area contributed by atoms with Crippen LogP contribution in [-0.4, -0.2) is 16.1 Å². The number of halogens is 1. The van der Waals surface area contributed by atoms with Crippen molar-refractivity contribution in [3.05, 3.63) is 45.1 Å². The van der Waals surface area contributed by atoms with Crippen LogP contribution in [0, 0.1) is 20.8 Å². The molecular weight excluding hydrogens is 294 g/mol. The molecule has 5 heteroatoms. The van der Waals surface area contributed by atoms with E-state index in [0.29, 0.717) is 11.4 Å². The standard InChI is InChI=1S/C13H14BrN3O/c1-7-5-4-6-10(11(7)14)13(18)15-12-8(2)9(3)16-17-12/h4-6H,1-3H3,(H2,15,16,17,18). The van der Waals surface area contributed by atoms with Crippen LogP contribution in [-0.2, 0) is 0 Å². The first-order chi connectivity index (χ1) is 8.50. The van der Waals surface area contributed by atoms with Crippen molar-refractivity contribution in [2.75, 3.05) is 5.32 Å². The predicted octanol–water partition coefficient (Wildman–Crippen LogP) is 3.35. The van der Waals surface area contributed by atoms with E-state index in [1.807, 2.05) is 32.9 Å². The van der Waals surface area contributed by atoms with Crippen LogP contribution in [0.4, 0.5) is 5.82 Å². The van der Waals surface area contributed by atoms with Crippen molar-refractivity contribution < 1.29 is 4.79 Å². The summed E-state index contributed by atoms with van der Waals surface area (Å²) in [5, 5.41) is 9.71. The van der Waals surface area contributed by atoms with Gasteiger partial charge in [0.05, 0.1) is 5.56 Å². The number of hydrogen-bond acceptors (Lipinski definition) is 2. The Morgan fingerprint density at radius 2 is 2.06 bits per heavy atom. The number of nitrogens with zero attached hydrogens (tertiary/aromatic N) is 1. The van der Waals surface area contributed by atoms with Crippen molar-refractivity contribution in [1.82, 2.24) is 10.2 Å². The second-order valence-corrected chi connectivity index (χ2v) is 5.01. The number of amides is 1. The molecule has 2 N–H and O–H groups in total. The van der Waals surface area contributed by atoms with Crippen LogP contribution in [0.1, 0.15) is 27.2 Å². The minimum Gasteiger partial charge on any atom is -0.305 e. The fourth-order valence-corrected chi connectivity index (χ4v) is 2.05. The number of benzene rings is 1. The first-order valence-corrected chi connectivity index (χ1v) is 6.38. The minimum absolute atomic E-state index is 0.167. The van der Waals surface area contributed by atoms with E-state index < -0.39 is 0 Å². The third-order valence-electron chi connectivity index (χ3n) is 2.92. The lowest BCUT2D eigenvalue weighted by Gasteiger charge is -2.07. The highest BCUT2D eigenvalue weighted by molar-refractivity contribution is 9.10. The van der Waals surface area contributed by atoms with Crippen molar-refractivity contribution in [1.29, 1.82) is 0 Å². The molecule has 1 aromatic heterocycles. The number of H-pyrrole nitrogens is 1. The maximum absolute atomic E-state index is 12.2. The molecule has 18 heavy (non-hydrogen) atoms. The van der Waals surface area contributed by atoms with Gasteiger partial charge in [0.25, 0.3) is 5.91 Å². The van der Waals surface area contributed by atoms with Crippen molar-refractivity contribution in [2.24, 2.45) is 0 Å². The number of carbonyl (C=O) groups is 1. The van der Waals surface area contributed by atoms with Gasteiger partial charge in [-0.15, -0.1) is 0 Å². The molecule has 0 saturated carbocycles. The van der Waals surface area contributed by atoms with E-state index in [-0.39, 0.29) is 5.91 Å². The van der Waals surface area contributed by atoms with Gasteiger partial charge in [-0.05, 0) is 48.3 Å². The molecule has 0 bridgehead atoms. The highest BCUT2D eigenvalue weighted by Crippen LogP contribution is 2.22. The molecule has 4 nitrogen and oxygen atoms in total. The third kappa shape index (κ3) is 2.31. The first-order valence-electron chi connectivity index (χ1n) is 5.58. The molecule has 0 atom stereocenters. The highest BCUT2D eigenvalue weighted by atomic mass is 79.9. The predicted molar refractivity (Wildman–Crippen MR) is 74.9 cm³/mol. The van der Waals surface area contributed by atoms with E-state index in [1.165, 1.54) is 0 Å². The summed E-state index contributed by atoms with van der Waals surface area (Å²) in [6.07, 6.45) is 0. The zero-order valence-corrected chi connectivity index (χ0v) is 12.1. The lowest BCUT2D eigenvalue weighted by atomic mass is 10.1. The fraction of sp³-hybridized carbons (Fsp3) is 0.231. The van der Waals surface area contributed by atoms with Crippen LogP contribution in [0.3, 0.4) is 0 Å². The van der Waals surface area contributed by atoms with E-state index in [0.717, 1.165) is 21.3 Å². The zero-order chi connectivity index (χ0) is 13.3. The number of aromatic amines is 1. The summed E-state index contributed by atoms with van der Waals surface area (Å²) in [5.41, 5.74) is 3.54. The molecule has 1 amide bonds. The molecular formula is C13H14BrN3O. The topological polar surface area (TPSA) is 57.8 Å². The monoisotopic (exact) mass is 307 g/mol. The van der Waals surface area contributed by atoms with E-state index in [1.54, 1.807) is 6.07 Å². The van der Waals surface area contributed by atoms with Crippen LogP contribution in [0.25, 0.3) is 0 Å². The molecule has 1 aromatic carbocycles. The maximum Gasteiger partial charge on any atom is 0.258 e. The first kappa shape index (κ1) is 12.8. The van der Waals surface area contributed by atoms with Crippen molar-refractivity contribution in [2.45, 2.75) is 20.8 Å². The number of anilines is 1. The molecule has 0 unspecified atom stereocenters. The summed E-state index contributed by atoms with van der Waals surface area (Å²) in [6.45, 7) is 5.78. The number of hydrogen-bond donors (Lipinski definition) is 2. The second kappa shape index (κ2) is 4.94. The SMILES string of the molecule is Cc1cccc(C(=O)Nc2n[nH]c(C)c2C)c1Br. The van der Waals surface area contributed by atoms with Crippen LogP contribution in [0.2, 0.25) is 0 Å². The molecule has 0 fully saturated rings. The summed E-state index contributed by atoms with van der Waals surface area (Å²) in [6, 6.07) is 5.59. The largest absolute Gasteiger partial charge is 0.305 e. The molecule has 0 spiro atoms. The van der Waals surface area contributed by atoms with Gasteiger partial charge >= 0.3 is 0 Å². The van der Waals surface area contributed by atoms with Gasteiger partial charge < -0.3 is 5.32 Å². The fourth-order valence-electron chi connectivity index (χ4n) is 1.60. The molecule has 0 saturated heterocycles. The van der Waals surface area contributed by atoms with Gasteiger partial charge in [-0.3, -0.25) is 9.89 Å². The number of nitrogens with one attached hydrogen (secondary N) is 2. The molecule has 0 radical (unpaired) electrons. The van der Waals surface area contributed by atoms with Crippen molar-refractivity contribution in [3.8, 4) is 0 Å². The lowest BCUT2D eigenvalue weighted by molar-refractivity contribution is 0.102. The Bertz CT molecular complexity index is 604. The van der Waals surface area contributed by atoms with Crippen molar-refractivity contribution in [3.63, 3.8) is 0 Å². The Kier molecular flexibility index (Phi) is 3.52. The normalized spacial score (nSPS) is 10.4. The lowest BCUT2D eigenvalue weighted by Crippen LogP contribution is -2.14. The van der Waals surface area contributed by atoms with E-state index in [4.69, 9.17) is 0 Å². The van der Waals surface area contributed by atoms with Gasteiger partial charge in [0, 0.05) is 15.7 Å². The molecule has 2 rings (SSSR count). The number of aryl methyl sites for hydroxylation is 2. The number of carbonyl (C=O) groups excluding carboxylic acids is 1. The van der Waals surface area contributed by atoms with Crippen molar-refractivity contribution >= 4 is 27.7 Å². The van der Waals surface area contributed by atoms with Crippen LogP contribution in [0.5, 0.6) is 0 Å². The molecule has 2 aromatic rings. The summed E-state index contributed by atoms with van der Waals surface area (Å²) < 4.78 is 0.812. The van der Waals surface area contributed by atoms with Gasteiger partial charge in [0.2, 0.25) is 0 Å². The van der Waals surface area contributed by atoms with Gasteiger partial charge in [-0.2, -0.15) is 5.10 Å². The van der Waals surface area contributed by atoms with Crippen LogP contribution in [0.15, 0.2) is 22.7 Å². The Morgan fingerprint density at radius 3 is 2.67 bits per heavy atom. The van der Waals surface area contributed by atoms with Gasteiger partial charge in [-0.25, -0.2) is 0 Å². The summed E-state index contributed by atoms with van der Waals surface area (Å²) in [4.78, 5) is 12.2. The Balaban J connectivity index is 2.28. The minimum atomic E-state index is -0.167. The Morgan fingerprint density at radius 1 is 1.33 bits per heavy atom. The molecule has 0 aliphatic carbocycles. The number of aromatic nitrogens is 2. The average Bonchev–Trinajstić information content (AvgIpc) is 2.64. The van der Waals surface area contributed by atoms with Gasteiger partial charge in [0.15, 0.2) is 5.82 Å². The smallest absolute Gasteiger partial charge is 0.258 e. The third-order valence-corrected chi connectivity index (χ3v) is 3.97. The average molecular weight is 308 g/mol. The van der Waals surface area contributed by atoms with Gasteiger partial charge in [-0.1, -0.05) is 12.1 Å². The molecule has 1 heterocycles. The quantitative estimate of drug-likeness (QED) is 0.894. The molecule has 94 valence electrons. The molecule has 0 aliphatic heterocycles. The number of rotatable bonds is 2. The van der Waals surface area contributed by atoms with Crippen LogP contribution < -0.4 is 5.32 Å². The van der Waals surface area contributed by atoms with E-state index in [9.17, 15) is 4.79 Å². The molecule has 0 aliphatic rings. The Labute approximate surface area is 114 Å². The summed E-state index contributed by atoms with van der Waals surface area (Å²) >= 11 is 3.43. The summed E-state index contributed by atoms with van der Waals surface area (Å²) in [7, 11) is 0. The van der Waals surface area contributed by atoms with E-state index in [2.05, 4.69) is 31.4 Å². The second-order valence-electron chi connectivity index (χ2n) is 4.21. The highest BCUT2D eigenvalue weighted by Gasteiger charge is 2.14. The van der Waals surface area contributed by atoms with E-state index >= 15 is 0 Å². The van der Waals surface area contributed by atoms with Crippen LogP contribution >= 0.6 is 15.9 Å². The maximum atomic E-state index is 12.2. The van der Waals surface area contributed by atoms with Gasteiger partial charge in [0.1, 0.15) is 0 Å². The zero-order valence-electron chi connectivity index (χ0n) is 10.5.